The summed E-state index contributed by atoms with van der Waals surface area (Å²) in [4.78, 5) is 4.21. The summed E-state index contributed by atoms with van der Waals surface area (Å²) in [5.41, 5.74) is 0. The summed E-state index contributed by atoms with van der Waals surface area (Å²) in [6.45, 7) is 2.12. The number of rotatable bonds is 6. The fraction of sp³-hybridized carbons (Fsp3) is 0.800. The summed E-state index contributed by atoms with van der Waals surface area (Å²) >= 11 is 0. The SMILES string of the molecule is CCC(OC)C(Cc1ncnn1C)NC. The predicted octanol–water partition coefficient (Wildman–Crippen LogP) is 0.371. The molecule has 5 nitrogen and oxygen atoms in total. The Morgan fingerprint density at radius 1 is 1.60 bits per heavy atom. The van der Waals surface area contributed by atoms with Crippen LogP contribution in [0.2, 0.25) is 0 Å². The van der Waals surface area contributed by atoms with E-state index in [4.69, 9.17) is 4.74 Å². The molecule has 2 unspecified atom stereocenters. The third kappa shape index (κ3) is 3.00. The summed E-state index contributed by atoms with van der Waals surface area (Å²) < 4.78 is 7.22. The van der Waals surface area contributed by atoms with Gasteiger partial charge in [-0.3, -0.25) is 4.68 Å². The summed E-state index contributed by atoms with van der Waals surface area (Å²) in [6.07, 6.45) is 3.61. The highest BCUT2D eigenvalue weighted by Crippen LogP contribution is 2.08. The van der Waals surface area contributed by atoms with Gasteiger partial charge in [0.1, 0.15) is 12.2 Å². The number of hydrogen-bond acceptors (Lipinski definition) is 4. The molecule has 0 bridgehead atoms. The number of likely N-dealkylation sites (N-methyl/N-ethyl adjacent to an activating group) is 1. The maximum Gasteiger partial charge on any atom is 0.138 e. The second-order valence-electron chi connectivity index (χ2n) is 3.58. The van der Waals surface area contributed by atoms with Gasteiger partial charge < -0.3 is 10.1 Å². The lowest BCUT2D eigenvalue weighted by atomic mass is 10.1. The lowest BCUT2D eigenvalue weighted by molar-refractivity contribution is 0.0669. The largest absolute Gasteiger partial charge is 0.380 e. The zero-order chi connectivity index (χ0) is 11.3. The van der Waals surface area contributed by atoms with Gasteiger partial charge in [-0.25, -0.2) is 4.98 Å². The third-order valence-corrected chi connectivity index (χ3v) is 2.73. The van der Waals surface area contributed by atoms with Crippen LogP contribution in [0.4, 0.5) is 0 Å². The average Bonchev–Trinajstić information content (AvgIpc) is 2.64. The molecule has 1 rings (SSSR count). The molecule has 0 aliphatic carbocycles. The van der Waals surface area contributed by atoms with Gasteiger partial charge in [-0.1, -0.05) is 6.92 Å². The second-order valence-corrected chi connectivity index (χ2v) is 3.58. The van der Waals surface area contributed by atoms with E-state index in [9.17, 15) is 0 Å². The third-order valence-electron chi connectivity index (χ3n) is 2.73. The van der Waals surface area contributed by atoms with Crippen LogP contribution in [0.3, 0.4) is 0 Å². The molecule has 1 heterocycles. The summed E-state index contributed by atoms with van der Waals surface area (Å²) in [5, 5.41) is 7.32. The zero-order valence-corrected chi connectivity index (χ0v) is 9.90. The van der Waals surface area contributed by atoms with Crippen LogP contribution in [0, 0.1) is 0 Å². The molecule has 0 aromatic carbocycles. The molecule has 1 aromatic heterocycles. The van der Waals surface area contributed by atoms with E-state index < -0.39 is 0 Å². The van der Waals surface area contributed by atoms with E-state index in [2.05, 4.69) is 22.3 Å². The van der Waals surface area contributed by atoms with Crippen LogP contribution in [0.1, 0.15) is 19.2 Å². The lowest BCUT2D eigenvalue weighted by Crippen LogP contribution is -2.40. The molecular formula is C10H20N4O. The van der Waals surface area contributed by atoms with Crippen molar-refractivity contribution in [2.45, 2.75) is 31.9 Å². The minimum atomic E-state index is 0.215. The highest BCUT2D eigenvalue weighted by molar-refractivity contribution is 4.91. The van der Waals surface area contributed by atoms with E-state index >= 15 is 0 Å². The van der Waals surface area contributed by atoms with Crippen LogP contribution >= 0.6 is 0 Å². The Labute approximate surface area is 90.8 Å². The van der Waals surface area contributed by atoms with Crippen molar-refractivity contribution in [3.8, 4) is 0 Å². The first-order valence-electron chi connectivity index (χ1n) is 5.25. The molecule has 0 aliphatic heterocycles. The summed E-state index contributed by atoms with van der Waals surface area (Å²) in [6, 6.07) is 0.280. The highest BCUT2D eigenvalue weighted by Gasteiger charge is 2.19. The topological polar surface area (TPSA) is 52.0 Å². The Morgan fingerprint density at radius 2 is 2.33 bits per heavy atom. The highest BCUT2D eigenvalue weighted by atomic mass is 16.5. The Kier molecular flexibility index (Phi) is 4.71. The lowest BCUT2D eigenvalue weighted by Gasteiger charge is -2.24. The molecule has 0 aliphatic rings. The Morgan fingerprint density at radius 3 is 2.73 bits per heavy atom. The molecule has 1 aromatic rings. The van der Waals surface area contributed by atoms with Crippen molar-refractivity contribution in [1.29, 1.82) is 0 Å². The Balaban J connectivity index is 2.64. The van der Waals surface area contributed by atoms with Crippen LogP contribution in [-0.4, -0.2) is 41.1 Å². The number of nitrogens with zero attached hydrogens (tertiary/aromatic N) is 3. The van der Waals surface area contributed by atoms with Crippen molar-refractivity contribution < 1.29 is 4.74 Å². The number of methoxy groups -OCH3 is 1. The van der Waals surface area contributed by atoms with Crippen LogP contribution in [0.15, 0.2) is 6.33 Å². The molecule has 0 saturated carbocycles. The maximum atomic E-state index is 5.42. The molecule has 2 atom stereocenters. The van der Waals surface area contributed by atoms with Gasteiger partial charge in [-0.2, -0.15) is 5.10 Å². The Bertz CT molecular complexity index is 283. The van der Waals surface area contributed by atoms with Gasteiger partial charge in [0, 0.05) is 26.6 Å². The summed E-state index contributed by atoms with van der Waals surface area (Å²) in [7, 11) is 5.60. The van der Waals surface area contributed by atoms with E-state index in [1.165, 1.54) is 0 Å². The molecule has 0 spiro atoms. The van der Waals surface area contributed by atoms with Gasteiger partial charge in [0.2, 0.25) is 0 Å². The van der Waals surface area contributed by atoms with Crippen LogP contribution in [0.5, 0.6) is 0 Å². The van der Waals surface area contributed by atoms with Gasteiger partial charge in [-0.05, 0) is 13.5 Å². The minimum absolute atomic E-state index is 0.215. The van der Waals surface area contributed by atoms with Gasteiger partial charge in [-0.15, -0.1) is 0 Å². The maximum absolute atomic E-state index is 5.42. The molecule has 0 saturated heterocycles. The van der Waals surface area contributed by atoms with Crippen LogP contribution in [0.25, 0.3) is 0 Å². The van der Waals surface area contributed by atoms with Gasteiger partial charge >= 0.3 is 0 Å². The molecule has 0 amide bonds. The molecule has 86 valence electrons. The van der Waals surface area contributed by atoms with Crippen LogP contribution in [-0.2, 0) is 18.2 Å². The van der Waals surface area contributed by atoms with Crippen molar-refractivity contribution in [1.82, 2.24) is 20.1 Å². The molecule has 5 heteroatoms. The minimum Gasteiger partial charge on any atom is -0.380 e. The van der Waals surface area contributed by atoms with Crippen molar-refractivity contribution in [2.24, 2.45) is 7.05 Å². The van der Waals surface area contributed by atoms with Crippen LogP contribution < -0.4 is 5.32 Å². The van der Waals surface area contributed by atoms with Gasteiger partial charge in [0.25, 0.3) is 0 Å². The standard InChI is InChI=1S/C10H20N4O/c1-5-9(15-4)8(11-2)6-10-12-7-13-14(10)3/h7-9,11H,5-6H2,1-4H3. The van der Waals surface area contributed by atoms with Crippen molar-refractivity contribution in [3.05, 3.63) is 12.2 Å². The molecule has 15 heavy (non-hydrogen) atoms. The number of ether oxygens (including phenoxy) is 1. The predicted molar refractivity (Wildman–Crippen MR) is 58.6 cm³/mol. The van der Waals surface area contributed by atoms with Gasteiger partial charge in [0.05, 0.1) is 6.10 Å². The first-order valence-corrected chi connectivity index (χ1v) is 5.25. The second kappa shape index (κ2) is 5.82. The monoisotopic (exact) mass is 212 g/mol. The molecule has 1 N–H and O–H groups in total. The average molecular weight is 212 g/mol. The van der Waals surface area contributed by atoms with E-state index in [-0.39, 0.29) is 12.1 Å². The first-order chi connectivity index (χ1) is 7.22. The van der Waals surface area contributed by atoms with E-state index in [1.54, 1.807) is 18.1 Å². The fourth-order valence-corrected chi connectivity index (χ4v) is 1.74. The van der Waals surface area contributed by atoms with E-state index in [0.29, 0.717) is 0 Å². The molecule has 0 radical (unpaired) electrons. The normalized spacial score (nSPS) is 15.2. The number of aromatic nitrogens is 3. The van der Waals surface area contributed by atoms with Crippen molar-refractivity contribution in [3.63, 3.8) is 0 Å². The number of aryl methyl sites for hydroxylation is 1. The van der Waals surface area contributed by atoms with E-state index in [0.717, 1.165) is 18.7 Å². The summed E-state index contributed by atoms with van der Waals surface area (Å²) in [5.74, 6) is 0.977. The molecular weight excluding hydrogens is 192 g/mol. The van der Waals surface area contributed by atoms with E-state index in [1.807, 2.05) is 14.1 Å². The van der Waals surface area contributed by atoms with Gasteiger partial charge in [0.15, 0.2) is 0 Å². The smallest absolute Gasteiger partial charge is 0.138 e. The first kappa shape index (κ1) is 12.1. The fourth-order valence-electron chi connectivity index (χ4n) is 1.74. The number of hydrogen-bond donors (Lipinski definition) is 1. The zero-order valence-electron chi connectivity index (χ0n) is 9.90. The van der Waals surface area contributed by atoms with Crippen molar-refractivity contribution >= 4 is 0 Å². The Hall–Kier alpha value is -0.940. The quantitative estimate of drug-likeness (QED) is 0.740. The number of nitrogens with one attached hydrogen (secondary N) is 1. The van der Waals surface area contributed by atoms with Crippen molar-refractivity contribution in [2.75, 3.05) is 14.2 Å². The molecule has 0 fully saturated rings.